The molecule has 0 aliphatic rings. The molecular weight excluding hydrogens is 276 g/mol. The molecule has 22 heavy (non-hydrogen) atoms. The van der Waals surface area contributed by atoms with Crippen molar-refractivity contribution in [1.82, 2.24) is 0 Å². The minimum atomic E-state index is -0.0444. The van der Waals surface area contributed by atoms with Crippen molar-refractivity contribution in [3.05, 3.63) is 65.2 Å². The molecule has 0 aliphatic carbocycles. The number of rotatable bonds is 6. The summed E-state index contributed by atoms with van der Waals surface area (Å²) in [5.41, 5.74) is 2.47. The molecule has 0 fully saturated rings. The van der Waals surface area contributed by atoms with Gasteiger partial charge in [-0.25, -0.2) is 0 Å². The zero-order valence-corrected chi connectivity index (χ0v) is 13.1. The van der Waals surface area contributed by atoms with Gasteiger partial charge in [-0.05, 0) is 55.8 Å². The Morgan fingerprint density at radius 1 is 1.14 bits per heavy atom. The maximum Gasteiger partial charge on any atom is 0.185 e. The fourth-order valence-corrected chi connectivity index (χ4v) is 2.20. The van der Waals surface area contributed by atoms with Gasteiger partial charge in [0, 0.05) is 11.1 Å². The van der Waals surface area contributed by atoms with Gasteiger partial charge in [0.1, 0.15) is 11.5 Å². The molecule has 0 bridgehead atoms. The molecular formula is C19H20O3. The molecule has 0 unspecified atom stereocenters. The largest absolute Gasteiger partial charge is 0.496 e. The third-order valence-electron chi connectivity index (χ3n) is 3.31. The molecule has 0 aromatic heterocycles. The zero-order chi connectivity index (χ0) is 15.9. The lowest BCUT2D eigenvalue weighted by Gasteiger charge is -2.07. The van der Waals surface area contributed by atoms with Crippen LogP contribution in [-0.2, 0) is 0 Å². The van der Waals surface area contributed by atoms with E-state index in [4.69, 9.17) is 9.47 Å². The molecule has 0 amide bonds. The number of carbonyl (C=O) groups excluding carboxylic acids is 1. The number of aryl methyl sites for hydroxylation is 1. The van der Waals surface area contributed by atoms with Crippen LogP contribution in [0.2, 0.25) is 0 Å². The van der Waals surface area contributed by atoms with E-state index >= 15 is 0 Å². The molecule has 0 radical (unpaired) electrons. The summed E-state index contributed by atoms with van der Waals surface area (Å²) in [6.45, 7) is 4.45. The van der Waals surface area contributed by atoms with Crippen LogP contribution < -0.4 is 9.47 Å². The number of carbonyl (C=O) groups is 1. The summed E-state index contributed by atoms with van der Waals surface area (Å²) in [5.74, 6) is 1.51. The van der Waals surface area contributed by atoms with Crippen LogP contribution in [0.15, 0.2) is 48.5 Å². The van der Waals surface area contributed by atoms with Crippen LogP contribution in [0, 0.1) is 6.92 Å². The summed E-state index contributed by atoms with van der Waals surface area (Å²) in [4.78, 5) is 12.3. The molecule has 3 heteroatoms. The van der Waals surface area contributed by atoms with Crippen molar-refractivity contribution in [3.8, 4) is 11.5 Å². The van der Waals surface area contributed by atoms with E-state index in [2.05, 4.69) is 0 Å². The van der Waals surface area contributed by atoms with Gasteiger partial charge in [0.05, 0.1) is 13.7 Å². The second-order valence-electron chi connectivity index (χ2n) is 4.85. The van der Waals surface area contributed by atoms with E-state index in [1.54, 1.807) is 25.3 Å². The Balaban J connectivity index is 2.20. The smallest absolute Gasteiger partial charge is 0.185 e. The SMILES string of the molecule is CCOc1ccccc1/C=C/C(=O)c1ccc(OC)c(C)c1. The van der Waals surface area contributed by atoms with Crippen LogP contribution in [0.3, 0.4) is 0 Å². The van der Waals surface area contributed by atoms with Crippen molar-refractivity contribution in [1.29, 1.82) is 0 Å². The zero-order valence-electron chi connectivity index (χ0n) is 13.1. The maximum atomic E-state index is 12.3. The third kappa shape index (κ3) is 3.76. The Bertz CT molecular complexity index is 687. The Morgan fingerprint density at radius 3 is 2.59 bits per heavy atom. The molecule has 0 saturated carbocycles. The Hall–Kier alpha value is -2.55. The van der Waals surface area contributed by atoms with E-state index < -0.39 is 0 Å². The normalized spacial score (nSPS) is 10.7. The van der Waals surface area contributed by atoms with Crippen molar-refractivity contribution in [3.63, 3.8) is 0 Å². The second-order valence-corrected chi connectivity index (χ2v) is 4.85. The molecule has 0 atom stereocenters. The highest BCUT2D eigenvalue weighted by atomic mass is 16.5. The standard InChI is InChI=1S/C19H20O3/c1-4-22-19-8-6-5-7-15(19)9-11-17(20)16-10-12-18(21-3)14(2)13-16/h5-13H,4H2,1-3H3/b11-9+. The van der Waals surface area contributed by atoms with Gasteiger partial charge in [0.2, 0.25) is 0 Å². The van der Waals surface area contributed by atoms with E-state index in [1.165, 1.54) is 0 Å². The molecule has 0 heterocycles. The molecule has 0 spiro atoms. The lowest BCUT2D eigenvalue weighted by molar-refractivity contribution is 0.104. The van der Waals surface area contributed by atoms with Gasteiger partial charge in [-0.1, -0.05) is 18.2 Å². The number of hydrogen-bond donors (Lipinski definition) is 0. The van der Waals surface area contributed by atoms with Gasteiger partial charge in [0.25, 0.3) is 0 Å². The Morgan fingerprint density at radius 2 is 1.91 bits per heavy atom. The van der Waals surface area contributed by atoms with Crippen molar-refractivity contribution in [2.75, 3.05) is 13.7 Å². The molecule has 3 nitrogen and oxygen atoms in total. The van der Waals surface area contributed by atoms with E-state index in [0.717, 1.165) is 22.6 Å². The number of ether oxygens (including phenoxy) is 2. The van der Waals surface area contributed by atoms with E-state index in [9.17, 15) is 4.79 Å². The van der Waals surface area contributed by atoms with Crippen LogP contribution in [0.25, 0.3) is 6.08 Å². The minimum Gasteiger partial charge on any atom is -0.496 e. The molecule has 114 valence electrons. The van der Waals surface area contributed by atoms with Crippen molar-refractivity contribution in [2.45, 2.75) is 13.8 Å². The summed E-state index contributed by atoms with van der Waals surface area (Å²) in [7, 11) is 1.62. The second kappa shape index (κ2) is 7.46. The fourth-order valence-electron chi connectivity index (χ4n) is 2.20. The van der Waals surface area contributed by atoms with E-state index in [-0.39, 0.29) is 5.78 Å². The Kier molecular flexibility index (Phi) is 5.37. The maximum absolute atomic E-state index is 12.3. The number of para-hydroxylation sites is 1. The first kappa shape index (κ1) is 15.8. The van der Waals surface area contributed by atoms with Gasteiger partial charge >= 0.3 is 0 Å². The number of allylic oxidation sites excluding steroid dienone is 1. The molecule has 2 aromatic carbocycles. The monoisotopic (exact) mass is 296 g/mol. The third-order valence-corrected chi connectivity index (χ3v) is 3.31. The highest BCUT2D eigenvalue weighted by Gasteiger charge is 2.06. The predicted octanol–water partition coefficient (Wildman–Crippen LogP) is 4.30. The quantitative estimate of drug-likeness (QED) is 0.589. The summed E-state index contributed by atoms with van der Waals surface area (Å²) >= 11 is 0. The summed E-state index contributed by atoms with van der Waals surface area (Å²) in [6, 6.07) is 13.1. The van der Waals surface area contributed by atoms with E-state index in [1.807, 2.05) is 50.2 Å². The van der Waals surface area contributed by atoms with Crippen molar-refractivity contribution in [2.24, 2.45) is 0 Å². The van der Waals surface area contributed by atoms with Gasteiger partial charge < -0.3 is 9.47 Å². The average Bonchev–Trinajstić information content (AvgIpc) is 2.54. The van der Waals surface area contributed by atoms with Gasteiger partial charge in [-0.3, -0.25) is 4.79 Å². The van der Waals surface area contributed by atoms with E-state index in [0.29, 0.717) is 12.2 Å². The minimum absolute atomic E-state index is 0.0444. The lowest BCUT2D eigenvalue weighted by atomic mass is 10.1. The number of ketones is 1. The first-order chi connectivity index (χ1) is 10.7. The predicted molar refractivity (Wildman–Crippen MR) is 88.7 cm³/mol. The molecule has 2 aromatic rings. The van der Waals surface area contributed by atoms with Crippen LogP contribution in [0.5, 0.6) is 11.5 Å². The summed E-state index contributed by atoms with van der Waals surface area (Å²) in [5, 5.41) is 0. The summed E-state index contributed by atoms with van der Waals surface area (Å²) in [6.07, 6.45) is 3.35. The van der Waals surface area contributed by atoms with Crippen molar-refractivity contribution < 1.29 is 14.3 Å². The van der Waals surface area contributed by atoms with Crippen molar-refractivity contribution >= 4 is 11.9 Å². The summed E-state index contributed by atoms with van der Waals surface area (Å²) < 4.78 is 10.8. The Labute approximate surface area is 131 Å². The van der Waals surface area contributed by atoms with Crippen LogP contribution in [0.1, 0.15) is 28.4 Å². The fraction of sp³-hybridized carbons (Fsp3) is 0.211. The lowest BCUT2D eigenvalue weighted by Crippen LogP contribution is -1.97. The van der Waals surface area contributed by atoms with Crippen LogP contribution in [-0.4, -0.2) is 19.5 Å². The molecule has 0 saturated heterocycles. The van der Waals surface area contributed by atoms with Crippen LogP contribution >= 0.6 is 0 Å². The number of benzene rings is 2. The topological polar surface area (TPSA) is 35.5 Å². The van der Waals surface area contributed by atoms with Gasteiger partial charge in [0.15, 0.2) is 5.78 Å². The van der Waals surface area contributed by atoms with Crippen LogP contribution in [0.4, 0.5) is 0 Å². The molecule has 0 aliphatic heterocycles. The highest BCUT2D eigenvalue weighted by Crippen LogP contribution is 2.21. The molecule has 2 rings (SSSR count). The number of hydrogen-bond acceptors (Lipinski definition) is 3. The van der Waals surface area contributed by atoms with Gasteiger partial charge in [-0.2, -0.15) is 0 Å². The van der Waals surface area contributed by atoms with Gasteiger partial charge in [-0.15, -0.1) is 0 Å². The highest BCUT2D eigenvalue weighted by molar-refractivity contribution is 6.07. The molecule has 0 N–H and O–H groups in total. The average molecular weight is 296 g/mol. The number of methoxy groups -OCH3 is 1. The first-order valence-electron chi connectivity index (χ1n) is 7.24. The first-order valence-corrected chi connectivity index (χ1v) is 7.24.